The minimum atomic E-state index is -1.06. The molecule has 0 bridgehead atoms. The molecule has 2 amide bonds. The first-order chi connectivity index (χ1) is 9.04. The number of nitrogens with zero attached hydrogens (tertiary/aromatic N) is 2. The molecular weight excluding hydrogens is 252 g/mol. The smallest absolute Gasteiger partial charge is 0.326 e. The Morgan fingerprint density at radius 3 is 2.63 bits per heavy atom. The van der Waals surface area contributed by atoms with E-state index in [2.05, 4.69) is 0 Å². The molecule has 2 atom stereocenters. The fraction of sp³-hybridized carbons (Fsp3) is 0.833. The van der Waals surface area contributed by atoms with E-state index in [1.54, 1.807) is 12.0 Å². The van der Waals surface area contributed by atoms with E-state index in [1.807, 2.05) is 0 Å². The van der Waals surface area contributed by atoms with Gasteiger partial charge in [-0.15, -0.1) is 0 Å². The first-order valence-corrected chi connectivity index (χ1v) is 6.51. The van der Waals surface area contributed by atoms with Crippen LogP contribution in [0.5, 0.6) is 0 Å². The Bertz CT molecular complexity index is 358. The highest BCUT2D eigenvalue weighted by molar-refractivity contribution is 5.83. The van der Waals surface area contributed by atoms with Gasteiger partial charge in [-0.25, -0.2) is 9.59 Å². The van der Waals surface area contributed by atoms with Crippen molar-refractivity contribution >= 4 is 12.0 Å². The number of hydrogen-bond acceptors (Lipinski definition) is 4. The molecule has 1 aliphatic carbocycles. The van der Waals surface area contributed by atoms with Crippen LogP contribution in [0.2, 0.25) is 0 Å². The molecule has 0 spiro atoms. The molecule has 108 valence electrons. The van der Waals surface area contributed by atoms with Crippen molar-refractivity contribution in [1.29, 1.82) is 0 Å². The fourth-order valence-corrected chi connectivity index (χ4v) is 2.43. The third-order valence-corrected chi connectivity index (χ3v) is 3.58. The van der Waals surface area contributed by atoms with Gasteiger partial charge in [0.15, 0.2) is 0 Å². The highest BCUT2D eigenvalue weighted by atomic mass is 16.5. The molecule has 2 fully saturated rings. The zero-order chi connectivity index (χ0) is 14.0. The largest absolute Gasteiger partial charge is 0.480 e. The number of β-amino-alcohol motifs (C(OH)–C–C–N with tert-alkyl or cyclic N) is 1. The van der Waals surface area contributed by atoms with E-state index in [0.29, 0.717) is 13.2 Å². The highest BCUT2D eigenvalue weighted by Gasteiger charge is 2.43. The average Bonchev–Trinajstić information content (AvgIpc) is 3.11. The van der Waals surface area contributed by atoms with Crippen molar-refractivity contribution in [2.24, 2.45) is 0 Å². The molecule has 1 saturated carbocycles. The van der Waals surface area contributed by atoms with Crippen molar-refractivity contribution in [3.8, 4) is 0 Å². The second-order valence-electron chi connectivity index (χ2n) is 5.10. The maximum atomic E-state index is 12.4. The van der Waals surface area contributed by atoms with Gasteiger partial charge in [0, 0.05) is 32.7 Å². The van der Waals surface area contributed by atoms with Gasteiger partial charge in [0.25, 0.3) is 0 Å². The van der Waals surface area contributed by atoms with Gasteiger partial charge >= 0.3 is 12.0 Å². The number of aliphatic carboxylic acids is 1. The zero-order valence-electron chi connectivity index (χ0n) is 11.0. The van der Waals surface area contributed by atoms with Crippen molar-refractivity contribution < 1.29 is 24.5 Å². The molecule has 0 aromatic rings. The minimum Gasteiger partial charge on any atom is -0.480 e. The number of ether oxygens (including phenoxy) is 1. The van der Waals surface area contributed by atoms with Crippen molar-refractivity contribution in [3.05, 3.63) is 0 Å². The van der Waals surface area contributed by atoms with Crippen LogP contribution in [0.4, 0.5) is 4.79 Å². The first kappa shape index (κ1) is 14.1. The van der Waals surface area contributed by atoms with Gasteiger partial charge in [0.05, 0.1) is 12.7 Å². The number of rotatable bonds is 5. The standard InChI is InChI=1S/C12H20N2O5/c1-19-5-4-13(8-2-3-8)12(18)14-7-9(15)6-10(14)11(16)17/h8-10,15H,2-7H2,1H3,(H,16,17)/t9?,10-/m0/s1. The van der Waals surface area contributed by atoms with Crippen molar-refractivity contribution in [2.45, 2.75) is 37.5 Å². The summed E-state index contributed by atoms with van der Waals surface area (Å²) in [5, 5.41) is 18.7. The molecule has 1 aliphatic heterocycles. The second kappa shape index (κ2) is 5.75. The fourth-order valence-electron chi connectivity index (χ4n) is 2.43. The van der Waals surface area contributed by atoms with Gasteiger partial charge in [-0.3, -0.25) is 0 Å². The van der Waals surface area contributed by atoms with Crippen LogP contribution < -0.4 is 0 Å². The average molecular weight is 272 g/mol. The lowest BCUT2D eigenvalue weighted by Crippen LogP contribution is -2.49. The number of aliphatic hydroxyl groups is 1. The Morgan fingerprint density at radius 1 is 1.42 bits per heavy atom. The van der Waals surface area contributed by atoms with Gasteiger partial charge in [-0.1, -0.05) is 0 Å². The lowest BCUT2D eigenvalue weighted by molar-refractivity contribution is -0.141. The summed E-state index contributed by atoms with van der Waals surface area (Å²) >= 11 is 0. The Hall–Kier alpha value is -1.34. The summed E-state index contributed by atoms with van der Waals surface area (Å²) in [6.07, 6.45) is 1.24. The number of carbonyl (C=O) groups is 2. The predicted octanol–water partition coefficient (Wildman–Crippen LogP) is -0.263. The lowest BCUT2D eigenvalue weighted by Gasteiger charge is -2.30. The SMILES string of the molecule is COCCN(C(=O)N1CC(O)C[C@H]1C(=O)O)C1CC1. The molecule has 1 heterocycles. The van der Waals surface area contributed by atoms with Crippen LogP contribution in [0.25, 0.3) is 0 Å². The number of urea groups is 1. The Labute approximate surface area is 111 Å². The lowest BCUT2D eigenvalue weighted by atomic mass is 10.2. The summed E-state index contributed by atoms with van der Waals surface area (Å²) in [4.78, 5) is 26.5. The highest BCUT2D eigenvalue weighted by Crippen LogP contribution is 2.29. The van der Waals surface area contributed by atoms with Crippen LogP contribution in [-0.2, 0) is 9.53 Å². The van der Waals surface area contributed by atoms with E-state index in [9.17, 15) is 14.7 Å². The van der Waals surface area contributed by atoms with Crippen LogP contribution in [0.3, 0.4) is 0 Å². The maximum Gasteiger partial charge on any atom is 0.326 e. The molecule has 0 aromatic carbocycles. The number of hydrogen-bond donors (Lipinski definition) is 2. The van der Waals surface area contributed by atoms with E-state index in [-0.39, 0.29) is 25.0 Å². The van der Waals surface area contributed by atoms with Crippen LogP contribution >= 0.6 is 0 Å². The third kappa shape index (κ3) is 3.16. The van der Waals surface area contributed by atoms with Gasteiger partial charge < -0.3 is 24.7 Å². The first-order valence-electron chi connectivity index (χ1n) is 6.51. The normalized spacial score (nSPS) is 26.5. The van der Waals surface area contributed by atoms with E-state index in [4.69, 9.17) is 9.84 Å². The summed E-state index contributed by atoms with van der Waals surface area (Å²) in [5.74, 6) is -1.06. The van der Waals surface area contributed by atoms with E-state index < -0.39 is 18.1 Å². The number of carboxylic acid groups (broad SMARTS) is 1. The number of methoxy groups -OCH3 is 1. The number of carbonyl (C=O) groups excluding carboxylic acids is 1. The number of likely N-dealkylation sites (tertiary alicyclic amines) is 1. The number of carboxylic acids is 1. The second-order valence-corrected chi connectivity index (χ2v) is 5.10. The molecule has 2 N–H and O–H groups in total. The molecule has 0 radical (unpaired) electrons. The van der Waals surface area contributed by atoms with Crippen molar-refractivity contribution in [3.63, 3.8) is 0 Å². The van der Waals surface area contributed by atoms with Crippen molar-refractivity contribution in [1.82, 2.24) is 9.80 Å². The molecular formula is C12H20N2O5. The van der Waals surface area contributed by atoms with Gasteiger partial charge in [0.1, 0.15) is 6.04 Å². The third-order valence-electron chi connectivity index (χ3n) is 3.58. The molecule has 2 rings (SSSR count). The number of amides is 2. The van der Waals surface area contributed by atoms with E-state index in [0.717, 1.165) is 12.8 Å². The summed E-state index contributed by atoms with van der Waals surface area (Å²) in [6.45, 7) is 0.974. The molecule has 7 heteroatoms. The maximum absolute atomic E-state index is 12.4. The van der Waals surface area contributed by atoms with Crippen LogP contribution in [-0.4, -0.2) is 77.0 Å². The topological polar surface area (TPSA) is 90.3 Å². The Morgan fingerprint density at radius 2 is 2.11 bits per heavy atom. The molecule has 1 unspecified atom stereocenters. The van der Waals surface area contributed by atoms with E-state index in [1.165, 1.54) is 4.90 Å². The van der Waals surface area contributed by atoms with Gasteiger partial charge in [-0.05, 0) is 12.8 Å². The van der Waals surface area contributed by atoms with Crippen LogP contribution in [0.1, 0.15) is 19.3 Å². The summed E-state index contributed by atoms with van der Waals surface area (Å²) in [5.41, 5.74) is 0. The predicted molar refractivity (Wildman–Crippen MR) is 65.8 cm³/mol. The minimum absolute atomic E-state index is 0.0893. The summed E-state index contributed by atoms with van der Waals surface area (Å²) in [7, 11) is 1.56. The monoisotopic (exact) mass is 272 g/mol. The van der Waals surface area contributed by atoms with Crippen molar-refractivity contribution in [2.75, 3.05) is 26.8 Å². The molecule has 2 aliphatic rings. The number of aliphatic hydroxyl groups excluding tert-OH is 1. The van der Waals surface area contributed by atoms with E-state index >= 15 is 0 Å². The Balaban J connectivity index is 2.05. The Kier molecular flexibility index (Phi) is 4.26. The van der Waals surface area contributed by atoms with Crippen LogP contribution in [0.15, 0.2) is 0 Å². The molecule has 0 aromatic heterocycles. The van der Waals surface area contributed by atoms with Crippen LogP contribution in [0, 0.1) is 0 Å². The molecule has 19 heavy (non-hydrogen) atoms. The zero-order valence-corrected chi connectivity index (χ0v) is 11.0. The molecule has 1 saturated heterocycles. The van der Waals surface area contributed by atoms with Gasteiger partial charge in [-0.2, -0.15) is 0 Å². The quantitative estimate of drug-likeness (QED) is 0.719. The van der Waals surface area contributed by atoms with Gasteiger partial charge in [0.2, 0.25) is 0 Å². The summed E-state index contributed by atoms with van der Waals surface area (Å²) < 4.78 is 4.98. The summed E-state index contributed by atoms with van der Waals surface area (Å²) in [6, 6.07) is -1.04. The molecule has 7 nitrogen and oxygen atoms in total.